The molecule has 0 radical (unpaired) electrons. The van der Waals surface area contributed by atoms with Gasteiger partial charge in [0, 0.05) is 48.1 Å². The molecule has 0 spiro atoms. The van der Waals surface area contributed by atoms with Gasteiger partial charge < -0.3 is 24.8 Å². The standard InChI is InChI=1S/C36H39N5O5/c1-5-44-33(42)18-25-9-6-7-12-32(25)45-22-30-29-17-24(26-10-8-11-28-27(26)15-16-38-34(28)37)13-14-31(29)41(39-30)21-23-19-40(20-23)35(43)46-36(2,3)4/h6-17,23H,5,18-22H2,1-4H3,(H2,37,38). The molecule has 1 fully saturated rings. The fourth-order valence-electron chi connectivity index (χ4n) is 5.85. The molecule has 3 aromatic carbocycles. The van der Waals surface area contributed by atoms with Crippen LogP contribution in [-0.4, -0.2) is 57.0 Å². The molecule has 1 amide bonds. The van der Waals surface area contributed by atoms with Gasteiger partial charge in [0.25, 0.3) is 0 Å². The molecular weight excluding hydrogens is 582 g/mol. The van der Waals surface area contributed by atoms with Gasteiger partial charge >= 0.3 is 12.1 Å². The number of amides is 1. The second-order valence-electron chi connectivity index (χ2n) is 12.6. The van der Waals surface area contributed by atoms with Crippen LogP contribution in [0.2, 0.25) is 0 Å². The monoisotopic (exact) mass is 621 g/mol. The molecule has 10 nitrogen and oxygen atoms in total. The van der Waals surface area contributed by atoms with Gasteiger partial charge in [-0.05, 0) is 68.5 Å². The highest BCUT2D eigenvalue weighted by atomic mass is 16.6. The summed E-state index contributed by atoms with van der Waals surface area (Å²) in [5, 5.41) is 7.90. The lowest BCUT2D eigenvalue weighted by molar-refractivity contribution is -0.142. The third-order valence-corrected chi connectivity index (χ3v) is 7.99. The molecule has 0 saturated carbocycles. The smallest absolute Gasteiger partial charge is 0.410 e. The highest BCUT2D eigenvalue weighted by molar-refractivity contribution is 6.02. The molecule has 46 heavy (non-hydrogen) atoms. The van der Waals surface area contributed by atoms with E-state index < -0.39 is 5.60 Å². The number of fused-ring (bicyclic) bond motifs is 2. The number of hydrogen-bond donors (Lipinski definition) is 1. The molecule has 10 heteroatoms. The number of benzene rings is 3. The zero-order chi connectivity index (χ0) is 32.4. The summed E-state index contributed by atoms with van der Waals surface area (Å²) >= 11 is 0. The fourth-order valence-corrected chi connectivity index (χ4v) is 5.85. The first-order valence-electron chi connectivity index (χ1n) is 15.6. The molecule has 0 unspecified atom stereocenters. The van der Waals surface area contributed by atoms with Crippen molar-refractivity contribution in [3.8, 4) is 16.9 Å². The summed E-state index contributed by atoms with van der Waals surface area (Å²) in [6, 6.07) is 21.8. The highest BCUT2D eigenvalue weighted by Crippen LogP contribution is 2.34. The van der Waals surface area contributed by atoms with E-state index in [1.807, 2.05) is 67.9 Å². The number of pyridine rings is 1. The van der Waals surface area contributed by atoms with E-state index in [0.29, 0.717) is 37.8 Å². The Balaban J connectivity index is 1.31. The number of carbonyl (C=O) groups excluding carboxylic acids is 2. The number of carbonyl (C=O) groups is 2. The summed E-state index contributed by atoms with van der Waals surface area (Å²) in [5.74, 6) is 1.04. The van der Waals surface area contributed by atoms with Crippen LogP contribution >= 0.6 is 0 Å². The molecule has 2 N–H and O–H groups in total. The molecule has 3 heterocycles. The first kappa shape index (κ1) is 30.9. The molecule has 1 aliphatic heterocycles. The van der Waals surface area contributed by atoms with E-state index in [1.54, 1.807) is 18.0 Å². The Bertz CT molecular complexity index is 1900. The van der Waals surface area contributed by atoms with Crippen LogP contribution in [0.5, 0.6) is 5.75 Å². The molecule has 2 aromatic heterocycles. The number of anilines is 1. The predicted octanol–water partition coefficient (Wildman–Crippen LogP) is 6.39. The van der Waals surface area contributed by atoms with Crippen molar-refractivity contribution < 1.29 is 23.8 Å². The summed E-state index contributed by atoms with van der Waals surface area (Å²) in [4.78, 5) is 30.7. The van der Waals surface area contributed by atoms with Crippen molar-refractivity contribution in [2.75, 3.05) is 25.4 Å². The van der Waals surface area contributed by atoms with Gasteiger partial charge in [-0.3, -0.25) is 9.48 Å². The minimum atomic E-state index is -0.534. The SMILES string of the molecule is CCOC(=O)Cc1ccccc1OCc1nn(CC2CN(C(=O)OC(C)(C)C)C2)c2ccc(-c3cccc4c(N)nccc34)cc12. The molecule has 1 aliphatic rings. The van der Waals surface area contributed by atoms with Gasteiger partial charge in [-0.25, -0.2) is 9.78 Å². The Kier molecular flexibility index (Phi) is 8.53. The van der Waals surface area contributed by atoms with E-state index in [2.05, 4.69) is 29.2 Å². The molecule has 5 aromatic rings. The number of likely N-dealkylation sites (tertiary alicyclic amines) is 1. The largest absolute Gasteiger partial charge is 0.487 e. The Labute approximate surface area is 268 Å². The van der Waals surface area contributed by atoms with Crippen LogP contribution in [-0.2, 0) is 33.8 Å². The number of hydrogen-bond acceptors (Lipinski definition) is 8. The van der Waals surface area contributed by atoms with Crippen LogP contribution in [0.1, 0.15) is 39.0 Å². The summed E-state index contributed by atoms with van der Waals surface area (Å²) in [7, 11) is 0. The van der Waals surface area contributed by atoms with E-state index in [1.165, 1.54) is 0 Å². The number of nitrogens with zero attached hydrogens (tertiary/aromatic N) is 4. The Morgan fingerprint density at radius 1 is 0.978 bits per heavy atom. The van der Waals surface area contributed by atoms with E-state index in [0.717, 1.165) is 44.1 Å². The zero-order valence-corrected chi connectivity index (χ0v) is 26.7. The molecular formula is C36H39N5O5. The minimum absolute atomic E-state index is 0.123. The summed E-state index contributed by atoms with van der Waals surface area (Å²) in [6.45, 7) is 9.78. The first-order valence-corrected chi connectivity index (χ1v) is 15.6. The van der Waals surface area contributed by atoms with E-state index in [9.17, 15) is 9.59 Å². The summed E-state index contributed by atoms with van der Waals surface area (Å²) < 4.78 is 19.0. The maximum atomic E-state index is 12.5. The highest BCUT2D eigenvalue weighted by Gasteiger charge is 2.34. The number of esters is 1. The lowest BCUT2D eigenvalue weighted by atomic mass is 9.97. The van der Waals surface area contributed by atoms with Crippen molar-refractivity contribution in [3.63, 3.8) is 0 Å². The van der Waals surface area contributed by atoms with Crippen molar-refractivity contribution in [3.05, 3.63) is 84.2 Å². The van der Waals surface area contributed by atoms with Crippen molar-refractivity contribution in [2.45, 2.75) is 52.9 Å². The minimum Gasteiger partial charge on any atom is -0.487 e. The summed E-state index contributed by atoms with van der Waals surface area (Å²) in [5.41, 5.74) is 10.2. The summed E-state index contributed by atoms with van der Waals surface area (Å²) in [6.07, 6.45) is 1.56. The number of nitrogens with two attached hydrogens (primary N) is 1. The lowest BCUT2D eigenvalue weighted by Crippen LogP contribution is -2.52. The van der Waals surface area contributed by atoms with Gasteiger partial charge in [0.05, 0.1) is 18.5 Å². The predicted molar refractivity (Wildman–Crippen MR) is 177 cm³/mol. The normalized spacial score (nSPS) is 13.5. The molecule has 238 valence electrons. The van der Waals surface area contributed by atoms with Crippen LogP contribution in [0.4, 0.5) is 10.6 Å². The van der Waals surface area contributed by atoms with E-state index in [4.69, 9.17) is 25.0 Å². The maximum Gasteiger partial charge on any atom is 0.410 e. The van der Waals surface area contributed by atoms with E-state index in [-0.39, 0.29) is 31.0 Å². The zero-order valence-electron chi connectivity index (χ0n) is 26.7. The topological polar surface area (TPSA) is 122 Å². The van der Waals surface area contributed by atoms with Crippen LogP contribution in [0.25, 0.3) is 32.8 Å². The second kappa shape index (κ2) is 12.7. The van der Waals surface area contributed by atoms with Crippen LogP contribution < -0.4 is 10.5 Å². The van der Waals surface area contributed by atoms with Crippen molar-refractivity contribution in [1.82, 2.24) is 19.7 Å². The van der Waals surface area contributed by atoms with Crippen molar-refractivity contribution >= 4 is 39.6 Å². The number of rotatable bonds is 9. The number of para-hydroxylation sites is 1. The Morgan fingerprint density at radius 3 is 2.57 bits per heavy atom. The van der Waals surface area contributed by atoms with Crippen molar-refractivity contribution in [2.24, 2.45) is 5.92 Å². The van der Waals surface area contributed by atoms with Crippen LogP contribution in [0.15, 0.2) is 72.9 Å². The fraction of sp³-hybridized carbons (Fsp3) is 0.333. The van der Waals surface area contributed by atoms with E-state index >= 15 is 0 Å². The van der Waals surface area contributed by atoms with Crippen LogP contribution in [0.3, 0.4) is 0 Å². The molecule has 6 rings (SSSR count). The van der Waals surface area contributed by atoms with Crippen molar-refractivity contribution in [1.29, 1.82) is 0 Å². The maximum absolute atomic E-state index is 12.5. The molecule has 0 aliphatic carbocycles. The molecule has 0 bridgehead atoms. The first-order chi connectivity index (χ1) is 22.1. The van der Waals surface area contributed by atoms with Gasteiger partial charge in [-0.1, -0.05) is 42.5 Å². The van der Waals surface area contributed by atoms with Gasteiger partial charge in [-0.15, -0.1) is 0 Å². The van der Waals surface area contributed by atoms with Gasteiger partial charge in [0.15, 0.2) is 0 Å². The molecule has 1 saturated heterocycles. The quantitative estimate of drug-likeness (QED) is 0.188. The lowest BCUT2D eigenvalue weighted by Gasteiger charge is -2.39. The van der Waals surface area contributed by atoms with Gasteiger partial charge in [0.2, 0.25) is 0 Å². The number of aromatic nitrogens is 3. The average Bonchev–Trinajstić information content (AvgIpc) is 3.34. The average molecular weight is 622 g/mol. The molecule has 0 atom stereocenters. The van der Waals surface area contributed by atoms with Gasteiger partial charge in [-0.2, -0.15) is 5.10 Å². The second-order valence-corrected chi connectivity index (χ2v) is 12.6. The third kappa shape index (κ3) is 6.61. The van der Waals surface area contributed by atoms with Gasteiger partial charge in [0.1, 0.15) is 29.5 Å². The third-order valence-electron chi connectivity index (χ3n) is 7.99. The number of ether oxygens (including phenoxy) is 3. The Hall–Kier alpha value is -5.12. The van der Waals surface area contributed by atoms with Crippen LogP contribution in [0, 0.1) is 5.92 Å². The Morgan fingerprint density at radius 2 is 1.78 bits per heavy atom. The number of nitrogen functional groups attached to an aromatic ring is 1.